The minimum atomic E-state index is 0.200. The molecular formula is C19H35N5S. The average molecular weight is 366 g/mol. The van der Waals surface area contributed by atoms with Gasteiger partial charge in [0.05, 0.1) is 17.2 Å². The van der Waals surface area contributed by atoms with E-state index in [1.165, 1.54) is 25.7 Å². The first kappa shape index (κ1) is 20.2. The highest BCUT2D eigenvalue weighted by Gasteiger charge is 2.36. The summed E-state index contributed by atoms with van der Waals surface area (Å²) in [4.78, 5) is 11.9. The first-order valence-corrected chi connectivity index (χ1v) is 10.4. The molecule has 1 heterocycles. The molecule has 1 aliphatic carbocycles. The summed E-state index contributed by atoms with van der Waals surface area (Å²) < 4.78 is 0. The van der Waals surface area contributed by atoms with Gasteiger partial charge in [0.2, 0.25) is 0 Å². The van der Waals surface area contributed by atoms with Crippen LogP contribution in [0, 0.1) is 12.8 Å². The van der Waals surface area contributed by atoms with Gasteiger partial charge >= 0.3 is 0 Å². The minimum absolute atomic E-state index is 0.200. The van der Waals surface area contributed by atoms with Crippen molar-refractivity contribution in [3.63, 3.8) is 0 Å². The Labute approximate surface area is 157 Å². The second-order valence-electron chi connectivity index (χ2n) is 7.55. The molecule has 0 bridgehead atoms. The van der Waals surface area contributed by atoms with Crippen LogP contribution >= 0.6 is 11.3 Å². The summed E-state index contributed by atoms with van der Waals surface area (Å²) >= 11 is 1.72. The molecule has 1 aliphatic rings. The lowest BCUT2D eigenvalue weighted by Crippen LogP contribution is -2.51. The quantitative estimate of drug-likeness (QED) is 0.576. The molecular weight excluding hydrogens is 330 g/mol. The van der Waals surface area contributed by atoms with Gasteiger partial charge in [0.25, 0.3) is 0 Å². The van der Waals surface area contributed by atoms with E-state index in [9.17, 15) is 0 Å². The fourth-order valence-electron chi connectivity index (χ4n) is 3.72. The number of aromatic nitrogens is 1. The predicted molar refractivity (Wildman–Crippen MR) is 109 cm³/mol. The molecule has 0 saturated heterocycles. The number of guanidine groups is 1. The largest absolute Gasteiger partial charge is 0.357 e. The van der Waals surface area contributed by atoms with Gasteiger partial charge in [-0.3, -0.25) is 4.99 Å². The van der Waals surface area contributed by atoms with Gasteiger partial charge in [-0.1, -0.05) is 19.8 Å². The van der Waals surface area contributed by atoms with Crippen molar-refractivity contribution < 1.29 is 0 Å². The Morgan fingerprint density at radius 2 is 2.24 bits per heavy atom. The number of aliphatic imine (C=N–C) groups is 1. The number of thiazole rings is 1. The average Bonchev–Trinajstić information content (AvgIpc) is 2.98. The molecule has 1 aromatic heterocycles. The molecule has 2 unspecified atom stereocenters. The molecule has 0 spiro atoms. The number of nitrogens with zero attached hydrogens (tertiary/aromatic N) is 3. The van der Waals surface area contributed by atoms with E-state index in [4.69, 9.17) is 4.99 Å². The van der Waals surface area contributed by atoms with E-state index in [1.807, 2.05) is 0 Å². The zero-order valence-corrected chi connectivity index (χ0v) is 17.4. The first-order valence-electron chi connectivity index (χ1n) is 9.56. The van der Waals surface area contributed by atoms with E-state index >= 15 is 0 Å². The molecule has 1 fully saturated rings. The smallest absolute Gasteiger partial charge is 0.191 e. The standard InChI is InChI=1S/C19H35N5S/c1-6-20-18(21-11-9-17-13-25-16(3)23-17)22-14-19(24(4)5)10-7-8-15(2)12-19/h13,15H,6-12,14H2,1-5H3,(H2,20,21,22). The van der Waals surface area contributed by atoms with E-state index in [2.05, 4.69) is 60.8 Å². The van der Waals surface area contributed by atoms with Gasteiger partial charge in [-0.15, -0.1) is 11.3 Å². The molecule has 0 amide bonds. The highest BCUT2D eigenvalue weighted by atomic mass is 32.1. The molecule has 2 atom stereocenters. The topological polar surface area (TPSA) is 52.6 Å². The Kier molecular flexibility index (Phi) is 7.69. The van der Waals surface area contributed by atoms with Crippen LogP contribution < -0.4 is 10.6 Å². The van der Waals surface area contributed by atoms with E-state index in [-0.39, 0.29) is 5.54 Å². The van der Waals surface area contributed by atoms with Crippen LogP contribution in [0.25, 0.3) is 0 Å². The van der Waals surface area contributed by atoms with Gasteiger partial charge in [0.1, 0.15) is 0 Å². The summed E-state index contributed by atoms with van der Waals surface area (Å²) in [6.07, 6.45) is 6.07. The third kappa shape index (κ3) is 5.96. The van der Waals surface area contributed by atoms with Gasteiger partial charge in [-0.2, -0.15) is 0 Å². The summed E-state index contributed by atoms with van der Waals surface area (Å²) in [5.74, 6) is 1.71. The van der Waals surface area contributed by atoms with E-state index in [0.29, 0.717) is 0 Å². The fourth-order valence-corrected chi connectivity index (χ4v) is 4.37. The highest BCUT2D eigenvalue weighted by molar-refractivity contribution is 7.09. The van der Waals surface area contributed by atoms with Gasteiger partial charge in [0.15, 0.2) is 5.96 Å². The van der Waals surface area contributed by atoms with Crippen molar-refractivity contribution in [3.05, 3.63) is 16.1 Å². The van der Waals surface area contributed by atoms with Crippen molar-refractivity contribution >= 4 is 17.3 Å². The third-order valence-electron chi connectivity index (χ3n) is 5.23. The summed E-state index contributed by atoms with van der Waals surface area (Å²) in [7, 11) is 4.41. The van der Waals surface area contributed by atoms with E-state index < -0.39 is 0 Å². The van der Waals surface area contributed by atoms with E-state index in [0.717, 1.165) is 48.6 Å². The Hall–Kier alpha value is -1.14. The van der Waals surface area contributed by atoms with Crippen LogP contribution in [0.3, 0.4) is 0 Å². The molecule has 1 aromatic rings. The Morgan fingerprint density at radius 1 is 1.44 bits per heavy atom. The predicted octanol–water partition coefficient (Wildman–Crippen LogP) is 3.06. The molecule has 25 heavy (non-hydrogen) atoms. The zero-order chi connectivity index (χ0) is 18.3. The zero-order valence-electron chi connectivity index (χ0n) is 16.6. The van der Waals surface area contributed by atoms with Gasteiger partial charge in [-0.05, 0) is 46.7 Å². The number of hydrogen-bond acceptors (Lipinski definition) is 4. The minimum Gasteiger partial charge on any atom is -0.357 e. The molecule has 2 N–H and O–H groups in total. The molecule has 2 rings (SSSR count). The van der Waals surface area contributed by atoms with Crippen LogP contribution in [0.15, 0.2) is 10.4 Å². The van der Waals surface area contributed by atoms with Crippen molar-refractivity contribution in [1.82, 2.24) is 20.5 Å². The van der Waals surface area contributed by atoms with Crippen LogP contribution in [-0.4, -0.2) is 55.1 Å². The molecule has 1 saturated carbocycles. The maximum atomic E-state index is 4.94. The monoisotopic (exact) mass is 365 g/mol. The fraction of sp³-hybridized carbons (Fsp3) is 0.789. The van der Waals surface area contributed by atoms with Gasteiger partial charge < -0.3 is 15.5 Å². The van der Waals surface area contributed by atoms with Crippen molar-refractivity contribution in [2.24, 2.45) is 10.9 Å². The SMILES string of the molecule is CCNC(=NCC1(N(C)C)CCCC(C)C1)NCCc1csc(C)n1. The molecule has 0 radical (unpaired) electrons. The molecule has 0 aromatic carbocycles. The summed E-state index contributed by atoms with van der Waals surface area (Å²) in [5, 5.41) is 10.1. The summed E-state index contributed by atoms with van der Waals surface area (Å²) in [6, 6.07) is 0. The number of rotatable bonds is 7. The molecule has 6 heteroatoms. The Balaban J connectivity index is 1.94. The highest BCUT2D eigenvalue weighted by Crippen LogP contribution is 2.35. The lowest BCUT2D eigenvalue weighted by atomic mass is 9.75. The normalized spacial score (nSPS) is 24.6. The van der Waals surface area contributed by atoms with Crippen LogP contribution in [0.1, 0.15) is 50.2 Å². The van der Waals surface area contributed by atoms with Crippen molar-refractivity contribution in [1.29, 1.82) is 0 Å². The second-order valence-corrected chi connectivity index (χ2v) is 8.61. The Bertz CT molecular complexity index is 554. The van der Waals surface area contributed by atoms with Crippen LogP contribution in [0.2, 0.25) is 0 Å². The second kappa shape index (κ2) is 9.53. The summed E-state index contributed by atoms with van der Waals surface area (Å²) in [5.41, 5.74) is 1.36. The number of hydrogen-bond donors (Lipinski definition) is 2. The Morgan fingerprint density at radius 3 is 2.84 bits per heavy atom. The third-order valence-corrected chi connectivity index (χ3v) is 6.05. The van der Waals surface area contributed by atoms with Gasteiger partial charge in [0, 0.05) is 30.4 Å². The lowest BCUT2D eigenvalue weighted by molar-refractivity contribution is 0.0845. The molecule has 5 nitrogen and oxygen atoms in total. The molecule has 142 valence electrons. The van der Waals surface area contributed by atoms with Crippen LogP contribution in [0.5, 0.6) is 0 Å². The van der Waals surface area contributed by atoms with Crippen molar-refractivity contribution in [2.45, 2.75) is 58.4 Å². The first-order chi connectivity index (χ1) is 11.9. The van der Waals surface area contributed by atoms with E-state index in [1.54, 1.807) is 11.3 Å². The molecule has 0 aliphatic heterocycles. The summed E-state index contributed by atoms with van der Waals surface area (Å²) in [6.45, 7) is 9.15. The van der Waals surface area contributed by atoms with Crippen molar-refractivity contribution in [2.75, 3.05) is 33.7 Å². The lowest BCUT2D eigenvalue weighted by Gasteiger charge is -2.44. The number of nitrogens with one attached hydrogen (secondary N) is 2. The maximum absolute atomic E-state index is 4.94. The van der Waals surface area contributed by atoms with Gasteiger partial charge in [-0.25, -0.2) is 4.98 Å². The van der Waals surface area contributed by atoms with Crippen molar-refractivity contribution in [3.8, 4) is 0 Å². The number of likely N-dealkylation sites (N-methyl/N-ethyl adjacent to an activating group) is 1. The van der Waals surface area contributed by atoms with Crippen LogP contribution in [0.4, 0.5) is 0 Å². The number of aryl methyl sites for hydroxylation is 1. The van der Waals surface area contributed by atoms with Crippen LogP contribution in [-0.2, 0) is 6.42 Å². The maximum Gasteiger partial charge on any atom is 0.191 e.